The number of amides is 1. The molecule has 2 aliphatic heterocycles. The van der Waals surface area contributed by atoms with Crippen molar-refractivity contribution in [2.45, 2.75) is 37.3 Å². The van der Waals surface area contributed by atoms with Gasteiger partial charge in [0.2, 0.25) is 0 Å². The number of rotatable bonds is 3. The Balaban J connectivity index is 1.21. The van der Waals surface area contributed by atoms with Crippen molar-refractivity contribution >= 4 is 11.7 Å². The fourth-order valence-corrected chi connectivity index (χ4v) is 5.44. The smallest absolute Gasteiger partial charge is 0.410 e. The first-order valence-electron chi connectivity index (χ1n) is 10.9. The lowest BCUT2D eigenvalue weighted by atomic mass is 9.98. The third kappa shape index (κ3) is 3.03. The summed E-state index contributed by atoms with van der Waals surface area (Å²) in [5.41, 5.74) is 7.06. The van der Waals surface area contributed by atoms with Crippen molar-refractivity contribution in [3.8, 4) is 11.1 Å². The third-order valence-corrected chi connectivity index (χ3v) is 6.83. The molecule has 3 aromatic rings. The van der Waals surface area contributed by atoms with Crippen LogP contribution in [0.1, 0.15) is 42.0 Å². The highest BCUT2D eigenvalue weighted by Gasteiger charge is 2.41. The van der Waals surface area contributed by atoms with Crippen molar-refractivity contribution in [3.63, 3.8) is 0 Å². The van der Waals surface area contributed by atoms with E-state index in [1.165, 1.54) is 27.8 Å². The minimum Gasteiger partial charge on any atom is -0.448 e. The van der Waals surface area contributed by atoms with Crippen molar-refractivity contribution in [2.75, 3.05) is 6.61 Å². The number of aromatic nitrogens is 2. The normalized spacial score (nSPS) is 21.4. The number of carbonyl (C=O) groups excluding carboxylic acids is 1. The van der Waals surface area contributed by atoms with Crippen molar-refractivity contribution in [1.29, 1.82) is 0 Å². The number of nitrogens with zero attached hydrogens (tertiary/aromatic N) is 3. The van der Waals surface area contributed by atoms with E-state index in [1.807, 2.05) is 4.90 Å². The Hall–Kier alpha value is -3.47. The number of hydrogen-bond acceptors (Lipinski definition) is 4. The summed E-state index contributed by atoms with van der Waals surface area (Å²) in [5, 5.41) is 0. The first kappa shape index (κ1) is 18.3. The molecule has 6 rings (SSSR count). The van der Waals surface area contributed by atoms with Gasteiger partial charge in [0.05, 0.1) is 17.9 Å². The summed E-state index contributed by atoms with van der Waals surface area (Å²) < 4.78 is 5.93. The van der Waals surface area contributed by atoms with Crippen molar-refractivity contribution in [3.05, 3.63) is 90.0 Å². The number of fused-ring (bicyclic) bond motifs is 5. The molecule has 1 aromatic heterocycles. The zero-order valence-electron chi connectivity index (χ0n) is 17.1. The molecule has 1 amide bonds. The summed E-state index contributed by atoms with van der Waals surface area (Å²) in [5.74, 6) is 0.0875. The second-order valence-electron chi connectivity index (χ2n) is 8.50. The predicted octanol–water partition coefficient (Wildman–Crippen LogP) is 5.05. The fourth-order valence-electron chi connectivity index (χ4n) is 5.44. The summed E-state index contributed by atoms with van der Waals surface area (Å²) in [4.78, 5) is 23.7. The van der Waals surface area contributed by atoms with Crippen LogP contribution >= 0.6 is 0 Å². The molecule has 1 aliphatic carbocycles. The van der Waals surface area contributed by atoms with Gasteiger partial charge in [0.15, 0.2) is 0 Å². The molecule has 0 saturated carbocycles. The van der Waals surface area contributed by atoms with E-state index >= 15 is 0 Å². The Labute approximate surface area is 181 Å². The highest BCUT2D eigenvalue weighted by molar-refractivity contribution is 5.79. The maximum absolute atomic E-state index is 13.1. The predicted molar refractivity (Wildman–Crippen MR) is 118 cm³/mol. The molecular formula is C26H23N3O2. The molecule has 5 nitrogen and oxygen atoms in total. The van der Waals surface area contributed by atoms with Crippen LogP contribution in [0.25, 0.3) is 16.7 Å². The minimum absolute atomic E-state index is 0.0754. The molecular weight excluding hydrogens is 386 g/mol. The summed E-state index contributed by atoms with van der Waals surface area (Å²) in [6.07, 6.45) is 9.94. The van der Waals surface area contributed by atoms with Gasteiger partial charge in [-0.25, -0.2) is 4.79 Å². The van der Waals surface area contributed by atoms with Gasteiger partial charge < -0.3 is 4.74 Å². The second-order valence-corrected chi connectivity index (χ2v) is 8.50. The van der Waals surface area contributed by atoms with Gasteiger partial charge in [-0.2, -0.15) is 0 Å². The molecule has 154 valence electrons. The average molecular weight is 409 g/mol. The zero-order valence-corrected chi connectivity index (χ0v) is 17.1. The number of hydrogen-bond donors (Lipinski definition) is 0. The number of ether oxygens (including phenoxy) is 1. The second kappa shape index (κ2) is 7.34. The molecule has 0 radical (unpaired) electrons. The Morgan fingerprint density at radius 1 is 1.00 bits per heavy atom. The van der Waals surface area contributed by atoms with Crippen LogP contribution in [0.5, 0.6) is 0 Å². The average Bonchev–Trinajstić information content (AvgIpc) is 3.29. The lowest BCUT2D eigenvalue weighted by molar-refractivity contribution is 0.0866. The molecule has 1 saturated heterocycles. The molecule has 3 aliphatic rings. The van der Waals surface area contributed by atoms with Crippen molar-refractivity contribution in [1.82, 2.24) is 14.9 Å². The van der Waals surface area contributed by atoms with E-state index < -0.39 is 0 Å². The van der Waals surface area contributed by atoms with Crippen LogP contribution in [-0.2, 0) is 4.74 Å². The summed E-state index contributed by atoms with van der Waals surface area (Å²) >= 11 is 0. The van der Waals surface area contributed by atoms with Crippen molar-refractivity contribution in [2.24, 2.45) is 0 Å². The monoisotopic (exact) mass is 409 g/mol. The van der Waals surface area contributed by atoms with E-state index in [9.17, 15) is 4.79 Å². The van der Waals surface area contributed by atoms with Crippen LogP contribution in [0.4, 0.5) is 4.79 Å². The first-order chi connectivity index (χ1) is 15.3. The summed E-state index contributed by atoms with van der Waals surface area (Å²) in [6.45, 7) is 0.365. The largest absolute Gasteiger partial charge is 0.448 e. The van der Waals surface area contributed by atoms with Gasteiger partial charge in [-0.3, -0.25) is 14.9 Å². The summed E-state index contributed by atoms with van der Waals surface area (Å²) in [7, 11) is 0. The van der Waals surface area contributed by atoms with E-state index in [-0.39, 0.29) is 24.1 Å². The molecule has 3 heterocycles. The van der Waals surface area contributed by atoms with Gasteiger partial charge >= 0.3 is 6.09 Å². The third-order valence-electron chi connectivity index (χ3n) is 6.83. The van der Waals surface area contributed by atoms with E-state index in [2.05, 4.69) is 64.6 Å². The molecule has 0 spiro atoms. The Morgan fingerprint density at radius 3 is 2.42 bits per heavy atom. The summed E-state index contributed by atoms with van der Waals surface area (Å²) in [6, 6.07) is 17.1. The van der Waals surface area contributed by atoms with Crippen LogP contribution in [0.15, 0.2) is 73.2 Å². The topological polar surface area (TPSA) is 55.3 Å². The first-order valence-corrected chi connectivity index (χ1v) is 10.9. The molecule has 2 bridgehead atoms. The maximum Gasteiger partial charge on any atom is 0.410 e. The minimum atomic E-state index is -0.205. The van der Waals surface area contributed by atoms with Gasteiger partial charge in [-0.1, -0.05) is 54.6 Å². The SMILES string of the molecule is O=C(OCC1c2ccccc2-c2ccccc21)N1C2C=C(c3cnccn3)CC1CC2. The molecule has 2 aromatic carbocycles. The van der Waals surface area contributed by atoms with E-state index in [0.29, 0.717) is 6.61 Å². The Bertz CT molecular complexity index is 1130. The van der Waals surface area contributed by atoms with Gasteiger partial charge in [0.1, 0.15) is 6.61 Å². The standard InChI is InChI=1S/C26H23N3O2/c30-26(29-18-9-10-19(29)14-17(13-18)25-15-27-11-12-28-25)31-16-24-22-7-3-1-5-20(22)21-6-2-4-8-23(21)24/h1-8,11-13,15,18-19,24H,9-10,14,16H2. The molecule has 2 atom stereocenters. The van der Waals surface area contributed by atoms with Gasteiger partial charge in [-0.05, 0) is 47.1 Å². The van der Waals surface area contributed by atoms with Crippen LogP contribution in [0.3, 0.4) is 0 Å². The van der Waals surface area contributed by atoms with E-state index in [0.717, 1.165) is 25.0 Å². The highest BCUT2D eigenvalue weighted by atomic mass is 16.6. The van der Waals surface area contributed by atoms with Gasteiger partial charge in [0.25, 0.3) is 0 Å². The van der Waals surface area contributed by atoms with Gasteiger partial charge in [-0.15, -0.1) is 0 Å². The van der Waals surface area contributed by atoms with Gasteiger partial charge in [0, 0.05) is 24.4 Å². The lowest BCUT2D eigenvalue weighted by Crippen LogP contribution is -2.43. The molecule has 2 unspecified atom stereocenters. The molecule has 5 heteroatoms. The van der Waals surface area contributed by atoms with Crippen LogP contribution in [-0.4, -0.2) is 39.7 Å². The van der Waals surface area contributed by atoms with Crippen molar-refractivity contribution < 1.29 is 9.53 Å². The number of carbonyl (C=O) groups is 1. The molecule has 1 fully saturated rings. The fraction of sp³-hybridized carbons (Fsp3) is 0.269. The Morgan fingerprint density at radius 2 is 1.74 bits per heavy atom. The number of benzene rings is 2. The zero-order chi connectivity index (χ0) is 20.8. The van der Waals surface area contributed by atoms with E-state index in [1.54, 1.807) is 18.6 Å². The molecule has 0 N–H and O–H groups in total. The van der Waals surface area contributed by atoms with Crippen LogP contribution < -0.4 is 0 Å². The maximum atomic E-state index is 13.1. The molecule has 31 heavy (non-hydrogen) atoms. The lowest BCUT2D eigenvalue weighted by Gasteiger charge is -2.33. The Kier molecular flexibility index (Phi) is 4.34. The van der Waals surface area contributed by atoms with Crippen LogP contribution in [0, 0.1) is 0 Å². The van der Waals surface area contributed by atoms with E-state index in [4.69, 9.17) is 4.74 Å². The highest BCUT2D eigenvalue weighted by Crippen LogP contribution is 2.45. The van der Waals surface area contributed by atoms with Crippen LogP contribution in [0.2, 0.25) is 0 Å². The quantitative estimate of drug-likeness (QED) is 0.608.